The molecule has 0 saturated carbocycles. The van der Waals surface area contributed by atoms with Crippen LogP contribution in [-0.4, -0.2) is 36.6 Å². The van der Waals surface area contributed by atoms with Crippen molar-refractivity contribution in [2.75, 3.05) is 19.8 Å². The minimum absolute atomic E-state index is 0.0393. The van der Waals surface area contributed by atoms with Crippen LogP contribution in [0.5, 0.6) is 0 Å². The number of rotatable bonds is 5. The van der Waals surface area contributed by atoms with E-state index in [-0.39, 0.29) is 33.1 Å². The van der Waals surface area contributed by atoms with E-state index in [1.165, 1.54) is 18.2 Å². The van der Waals surface area contributed by atoms with Crippen molar-refractivity contribution in [3.63, 3.8) is 0 Å². The van der Waals surface area contributed by atoms with Gasteiger partial charge in [0, 0.05) is 25.2 Å². The standard InChI is InChI=1S/C24H30FNO5S2/c1-15(2)18-12-20-23(13-21(18)33(29,30)26-14-16-7-9-31-10-8-16)32(27,28)22-11-17(25)5-6-19(22)24(20,3)4/h5-6,11-13,15-16,26H,7-10,14H2,1-4H3. The number of sulfonamides is 1. The first-order chi connectivity index (χ1) is 15.4. The minimum atomic E-state index is -4.10. The van der Waals surface area contributed by atoms with Crippen LogP contribution in [0.3, 0.4) is 0 Å². The summed E-state index contributed by atoms with van der Waals surface area (Å²) in [5, 5.41) is 0. The van der Waals surface area contributed by atoms with Gasteiger partial charge in [0.1, 0.15) is 5.82 Å². The Labute approximate surface area is 195 Å². The molecule has 1 N–H and O–H groups in total. The summed E-state index contributed by atoms with van der Waals surface area (Å²) in [5.74, 6) is -0.634. The van der Waals surface area contributed by atoms with E-state index in [4.69, 9.17) is 4.74 Å². The largest absolute Gasteiger partial charge is 0.381 e. The fourth-order valence-electron chi connectivity index (χ4n) is 4.73. The van der Waals surface area contributed by atoms with E-state index in [1.54, 1.807) is 6.07 Å². The van der Waals surface area contributed by atoms with Crippen molar-refractivity contribution in [1.29, 1.82) is 0 Å². The molecule has 1 fully saturated rings. The molecule has 2 aromatic rings. The van der Waals surface area contributed by atoms with Crippen LogP contribution in [0, 0.1) is 11.7 Å². The summed E-state index contributed by atoms with van der Waals surface area (Å²) in [4.78, 5) is -0.236. The Morgan fingerprint density at radius 2 is 1.73 bits per heavy atom. The number of fused-ring (bicyclic) bond motifs is 2. The van der Waals surface area contributed by atoms with Crippen LogP contribution in [0.25, 0.3) is 0 Å². The molecule has 9 heteroatoms. The summed E-state index contributed by atoms with van der Waals surface area (Å²) in [6, 6.07) is 6.74. The van der Waals surface area contributed by atoms with Crippen LogP contribution in [0.2, 0.25) is 0 Å². The zero-order chi connectivity index (χ0) is 24.2. The second kappa shape index (κ2) is 8.45. The summed E-state index contributed by atoms with van der Waals surface area (Å²) >= 11 is 0. The molecule has 0 bridgehead atoms. The molecule has 1 saturated heterocycles. The van der Waals surface area contributed by atoms with Crippen LogP contribution >= 0.6 is 0 Å². The molecule has 2 aliphatic rings. The molecule has 4 rings (SSSR count). The Hall–Kier alpha value is -1.81. The highest BCUT2D eigenvalue weighted by molar-refractivity contribution is 7.92. The Balaban J connectivity index is 1.86. The molecular weight excluding hydrogens is 465 g/mol. The maximum Gasteiger partial charge on any atom is 0.240 e. The second-order valence-electron chi connectivity index (χ2n) is 9.72. The normalized spacial score (nSPS) is 19.8. The Kier molecular flexibility index (Phi) is 6.22. The van der Waals surface area contributed by atoms with Gasteiger partial charge in [-0.1, -0.05) is 39.8 Å². The SMILES string of the molecule is CC(C)c1cc2c(cc1S(=O)(=O)NCC1CCOCC1)S(=O)(=O)c1cc(F)ccc1C2(C)C. The van der Waals surface area contributed by atoms with Gasteiger partial charge in [-0.25, -0.2) is 25.9 Å². The van der Waals surface area contributed by atoms with Gasteiger partial charge < -0.3 is 4.74 Å². The summed E-state index contributed by atoms with van der Waals surface area (Å²) in [7, 11) is -8.08. The second-order valence-corrected chi connectivity index (χ2v) is 13.3. The van der Waals surface area contributed by atoms with E-state index in [9.17, 15) is 21.2 Å². The molecule has 2 heterocycles. The van der Waals surface area contributed by atoms with Crippen LogP contribution in [0.1, 0.15) is 63.1 Å². The quantitative estimate of drug-likeness (QED) is 0.674. The lowest BCUT2D eigenvalue weighted by molar-refractivity contribution is 0.0678. The molecule has 0 amide bonds. The molecule has 180 valence electrons. The molecule has 2 aliphatic heterocycles. The van der Waals surface area contributed by atoms with E-state index in [0.717, 1.165) is 18.9 Å². The van der Waals surface area contributed by atoms with E-state index >= 15 is 0 Å². The fourth-order valence-corrected chi connectivity index (χ4v) is 8.28. The van der Waals surface area contributed by atoms with Gasteiger partial charge in [0.15, 0.2) is 0 Å². The highest BCUT2D eigenvalue weighted by Gasteiger charge is 2.42. The summed E-state index contributed by atoms with van der Waals surface area (Å²) < 4.78 is 75.8. The molecular formula is C24H30FNO5S2. The van der Waals surface area contributed by atoms with Gasteiger partial charge in [0.25, 0.3) is 0 Å². The van der Waals surface area contributed by atoms with Gasteiger partial charge in [0.2, 0.25) is 19.9 Å². The lowest BCUT2D eigenvalue weighted by Gasteiger charge is -2.35. The van der Waals surface area contributed by atoms with Gasteiger partial charge in [0.05, 0.1) is 14.7 Å². The predicted octanol–water partition coefficient (Wildman–Crippen LogP) is 4.13. The van der Waals surface area contributed by atoms with Crippen molar-refractivity contribution >= 4 is 19.9 Å². The lowest BCUT2D eigenvalue weighted by Crippen LogP contribution is -2.34. The third-order valence-corrected chi connectivity index (χ3v) is 10.1. The first kappa shape index (κ1) is 24.3. The molecule has 6 nitrogen and oxygen atoms in total. The van der Waals surface area contributed by atoms with E-state index in [2.05, 4.69) is 4.72 Å². The third kappa shape index (κ3) is 4.24. The summed E-state index contributed by atoms with van der Waals surface area (Å²) in [5.41, 5.74) is 0.834. The predicted molar refractivity (Wildman–Crippen MR) is 123 cm³/mol. The minimum Gasteiger partial charge on any atom is -0.381 e. The van der Waals surface area contributed by atoms with Gasteiger partial charge in [-0.2, -0.15) is 0 Å². The number of hydrogen-bond acceptors (Lipinski definition) is 5. The molecule has 0 spiro atoms. The van der Waals surface area contributed by atoms with Crippen molar-refractivity contribution in [3.8, 4) is 0 Å². The summed E-state index contributed by atoms with van der Waals surface area (Å²) in [6.45, 7) is 8.99. The van der Waals surface area contributed by atoms with Gasteiger partial charge >= 0.3 is 0 Å². The molecule has 0 unspecified atom stereocenters. The zero-order valence-electron chi connectivity index (χ0n) is 19.3. The van der Waals surface area contributed by atoms with Crippen LogP contribution in [0.4, 0.5) is 4.39 Å². The summed E-state index contributed by atoms with van der Waals surface area (Å²) in [6.07, 6.45) is 1.54. The van der Waals surface area contributed by atoms with Gasteiger partial charge in [-0.3, -0.25) is 0 Å². The number of sulfone groups is 1. The topological polar surface area (TPSA) is 89.5 Å². The molecule has 0 radical (unpaired) electrons. The maximum atomic E-state index is 14.0. The Bertz CT molecular complexity index is 1290. The molecule has 2 aromatic carbocycles. The maximum absolute atomic E-state index is 14.0. The van der Waals surface area contributed by atoms with E-state index in [1.807, 2.05) is 27.7 Å². The number of halogens is 1. The first-order valence-corrected chi connectivity index (χ1v) is 14.1. The molecule has 33 heavy (non-hydrogen) atoms. The van der Waals surface area contributed by atoms with E-state index < -0.39 is 31.1 Å². The highest BCUT2D eigenvalue weighted by atomic mass is 32.2. The van der Waals surface area contributed by atoms with Crippen molar-refractivity contribution in [3.05, 3.63) is 52.8 Å². The Morgan fingerprint density at radius 3 is 2.36 bits per heavy atom. The van der Waals surface area contributed by atoms with Gasteiger partial charge in [-0.15, -0.1) is 0 Å². The van der Waals surface area contributed by atoms with Crippen LogP contribution in [0.15, 0.2) is 45.0 Å². The van der Waals surface area contributed by atoms with Gasteiger partial charge in [-0.05, 0) is 59.6 Å². The number of ether oxygens (including phenoxy) is 1. The third-order valence-electron chi connectivity index (χ3n) is 6.80. The zero-order valence-corrected chi connectivity index (χ0v) is 20.9. The number of nitrogens with one attached hydrogen (secondary N) is 1. The van der Waals surface area contributed by atoms with E-state index in [0.29, 0.717) is 29.9 Å². The highest BCUT2D eigenvalue weighted by Crippen LogP contribution is 2.47. The lowest BCUT2D eigenvalue weighted by atomic mass is 9.76. The number of benzene rings is 2. The molecule has 0 aliphatic carbocycles. The van der Waals surface area contributed by atoms with Crippen molar-refractivity contribution in [2.24, 2.45) is 5.92 Å². The van der Waals surface area contributed by atoms with Crippen LogP contribution in [-0.2, 0) is 30.0 Å². The number of hydrogen-bond donors (Lipinski definition) is 1. The van der Waals surface area contributed by atoms with Crippen LogP contribution < -0.4 is 4.72 Å². The fraction of sp³-hybridized carbons (Fsp3) is 0.500. The van der Waals surface area contributed by atoms with Crippen molar-refractivity contribution in [2.45, 2.75) is 66.6 Å². The molecule has 0 atom stereocenters. The first-order valence-electron chi connectivity index (χ1n) is 11.2. The average molecular weight is 496 g/mol. The smallest absolute Gasteiger partial charge is 0.240 e. The molecule has 0 aromatic heterocycles. The van der Waals surface area contributed by atoms with Crippen molar-refractivity contribution in [1.82, 2.24) is 4.72 Å². The van der Waals surface area contributed by atoms with Crippen molar-refractivity contribution < 1.29 is 26.0 Å². The average Bonchev–Trinajstić information content (AvgIpc) is 2.76. The monoisotopic (exact) mass is 495 g/mol. The Morgan fingerprint density at radius 1 is 1.09 bits per heavy atom.